The van der Waals surface area contributed by atoms with E-state index in [1.807, 2.05) is 6.07 Å². The molecule has 0 saturated heterocycles. The van der Waals surface area contributed by atoms with Gasteiger partial charge in [0.25, 0.3) is 0 Å². The monoisotopic (exact) mass is 639 g/mol. The summed E-state index contributed by atoms with van der Waals surface area (Å²) in [5.41, 5.74) is 1.61. The van der Waals surface area contributed by atoms with Crippen molar-refractivity contribution < 1.29 is 41.2 Å². The Balaban J connectivity index is 1.22. The number of thioether (sulfide) groups is 1. The lowest BCUT2D eigenvalue weighted by atomic mass is 9.51. The summed E-state index contributed by atoms with van der Waals surface area (Å²) in [5, 5.41) is 33.8. The minimum absolute atomic E-state index is 0.140. The van der Waals surface area contributed by atoms with Gasteiger partial charge >= 0.3 is 12.1 Å². The number of aromatic hydroxyl groups is 1. The number of hydrogen-bond donors (Lipinski definition) is 2. The number of benzene rings is 1. The fraction of sp³-hybridized carbons (Fsp3) is 0.812. The number of aliphatic hydroxyl groups excluding tert-OH is 1. The first-order valence-corrected chi connectivity index (χ1v) is 16.9. The van der Waals surface area contributed by atoms with Crippen LogP contribution < -0.4 is 0 Å². The van der Waals surface area contributed by atoms with Gasteiger partial charge in [-0.3, -0.25) is 0 Å². The van der Waals surface area contributed by atoms with E-state index in [-0.39, 0.29) is 41.6 Å². The van der Waals surface area contributed by atoms with Crippen LogP contribution in [0.4, 0.5) is 26.3 Å². The number of hydrogen-bond acceptors (Lipinski definition) is 4. The van der Waals surface area contributed by atoms with E-state index in [0.717, 1.165) is 49.7 Å². The molecule has 0 aromatic heterocycles. The van der Waals surface area contributed by atoms with E-state index >= 15 is 4.39 Å². The van der Waals surface area contributed by atoms with Gasteiger partial charge < -0.3 is 20.1 Å². The lowest BCUT2D eigenvalue weighted by molar-refractivity contribution is -0.860. The van der Waals surface area contributed by atoms with Gasteiger partial charge in [-0.1, -0.05) is 19.4 Å². The third-order valence-electron chi connectivity index (χ3n) is 10.6. The Kier molecular flexibility index (Phi) is 11.0. The van der Waals surface area contributed by atoms with Crippen molar-refractivity contribution in [3.05, 3.63) is 34.5 Å². The molecule has 0 radical (unpaired) electrons. The van der Waals surface area contributed by atoms with Gasteiger partial charge in [0.1, 0.15) is 11.9 Å². The van der Waals surface area contributed by atoms with Gasteiger partial charge in [0.2, 0.25) is 0 Å². The molecule has 0 spiro atoms. The van der Waals surface area contributed by atoms with Gasteiger partial charge in [-0.05, 0) is 109 Å². The summed E-state index contributed by atoms with van der Waals surface area (Å²) >= 11 is 1.30. The van der Waals surface area contributed by atoms with Crippen LogP contribution in [0.2, 0.25) is 0 Å². The van der Waals surface area contributed by atoms with Crippen molar-refractivity contribution in [1.82, 2.24) is 0 Å². The molecule has 4 nitrogen and oxygen atoms in total. The fourth-order valence-corrected chi connectivity index (χ4v) is 9.20. The molecule has 2 saturated carbocycles. The van der Waals surface area contributed by atoms with Crippen molar-refractivity contribution >= 4 is 11.8 Å². The summed E-state index contributed by atoms with van der Waals surface area (Å²) in [6.45, 7) is 2.85. The number of quaternary nitrogens is 1. The Bertz CT molecular complexity index is 1070. The first-order chi connectivity index (χ1) is 20.1. The molecule has 43 heavy (non-hydrogen) atoms. The highest BCUT2D eigenvalue weighted by molar-refractivity contribution is 7.99. The number of alkyl halides is 6. The number of phenolic OH excluding ortho intramolecular Hbond substituents is 1. The second kappa shape index (κ2) is 13.7. The number of phenols is 1. The van der Waals surface area contributed by atoms with E-state index in [4.69, 9.17) is 0 Å². The van der Waals surface area contributed by atoms with Crippen molar-refractivity contribution in [2.24, 2.45) is 23.2 Å². The second-order valence-electron chi connectivity index (χ2n) is 13.7. The first kappa shape index (κ1) is 34.7. The van der Waals surface area contributed by atoms with Gasteiger partial charge in [0.15, 0.2) is 0 Å². The van der Waals surface area contributed by atoms with Crippen molar-refractivity contribution in [2.75, 3.05) is 31.6 Å². The molecule has 3 aliphatic rings. The number of unbranched alkanes of at least 4 members (excludes halogenated alkanes) is 2. The van der Waals surface area contributed by atoms with E-state index in [1.165, 1.54) is 11.8 Å². The van der Waals surface area contributed by atoms with Crippen LogP contribution in [0, 0.1) is 28.4 Å². The third-order valence-corrected chi connectivity index (χ3v) is 11.7. The van der Waals surface area contributed by atoms with Crippen LogP contribution in [0.15, 0.2) is 18.2 Å². The Morgan fingerprint density at radius 1 is 1.02 bits per heavy atom. The molecular weight excluding hydrogens is 592 g/mol. The highest BCUT2D eigenvalue weighted by Gasteiger charge is 2.60. The standard InChI is InChI=1S/C32H47F6NO3S/c1-30-20-26(33)29-24-10-9-23(40)19-22(24)18-21(28(29)25(30)11-12-27(30)41)8-4-3-5-14-39(2,42)15-7-17-43-16-6-13-31(34,35)32(36,37)38/h9-10,19,21,25-29,40-41H,3-8,11-18,20H2,1-2H3. The molecule has 0 aliphatic heterocycles. The Morgan fingerprint density at radius 3 is 2.44 bits per heavy atom. The molecule has 0 heterocycles. The Morgan fingerprint density at radius 2 is 1.72 bits per heavy atom. The maximum absolute atomic E-state index is 15.9. The first-order valence-electron chi connectivity index (χ1n) is 15.8. The highest BCUT2D eigenvalue weighted by atomic mass is 32.2. The molecule has 2 N–H and O–H groups in total. The lowest BCUT2D eigenvalue weighted by Gasteiger charge is -2.54. The van der Waals surface area contributed by atoms with Gasteiger partial charge in [0.05, 0.1) is 26.2 Å². The quantitative estimate of drug-likeness (QED) is 0.0929. The van der Waals surface area contributed by atoms with E-state index in [9.17, 15) is 37.4 Å². The number of rotatable bonds is 14. The number of halogens is 6. The average Bonchev–Trinajstić information content (AvgIpc) is 3.20. The fourth-order valence-electron chi connectivity index (χ4n) is 8.32. The number of fused-ring (bicyclic) bond motifs is 5. The minimum atomic E-state index is -5.51. The summed E-state index contributed by atoms with van der Waals surface area (Å²) in [5.74, 6) is -3.31. The minimum Gasteiger partial charge on any atom is -0.633 e. The van der Waals surface area contributed by atoms with Crippen molar-refractivity contribution in [2.45, 2.75) is 108 Å². The molecule has 1 aromatic carbocycles. The van der Waals surface area contributed by atoms with Crippen LogP contribution in [0.25, 0.3) is 0 Å². The smallest absolute Gasteiger partial charge is 0.453 e. The SMILES string of the molecule is CC12CC(F)C3c4ccc(O)cc4CC(CCCCC[N+](C)([O-])CCCSCCCC(F)(F)C(F)(F)F)C3C1CCC2O. The predicted molar refractivity (Wildman–Crippen MR) is 158 cm³/mol. The van der Waals surface area contributed by atoms with Crippen LogP contribution in [0.3, 0.4) is 0 Å². The summed E-state index contributed by atoms with van der Waals surface area (Å²) in [6.07, 6.45) is -1.76. The van der Waals surface area contributed by atoms with Gasteiger partial charge in [-0.2, -0.15) is 33.7 Å². The normalized spacial score (nSPS) is 32.1. The molecule has 8 unspecified atom stereocenters. The number of nitrogens with zero attached hydrogens (tertiary/aromatic N) is 1. The van der Waals surface area contributed by atoms with Crippen LogP contribution in [-0.4, -0.2) is 70.9 Å². The van der Waals surface area contributed by atoms with E-state index in [1.54, 1.807) is 19.2 Å². The van der Waals surface area contributed by atoms with Crippen molar-refractivity contribution in [1.29, 1.82) is 0 Å². The molecule has 4 rings (SSSR count). The van der Waals surface area contributed by atoms with Gasteiger partial charge in [-0.15, -0.1) is 0 Å². The lowest BCUT2D eigenvalue weighted by Crippen LogP contribution is -2.51. The summed E-state index contributed by atoms with van der Waals surface area (Å²) in [4.78, 5) is 0. The van der Waals surface area contributed by atoms with E-state index in [2.05, 4.69) is 6.92 Å². The predicted octanol–water partition coefficient (Wildman–Crippen LogP) is 8.39. The maximum Gasteiger partial charge on any atom is 0.453 e. The molecule has 3 aliphatic carbocycles. The van der Waals surface area contributed by atoms with Crippen LogP contribution in [0.1, 0.15) is 88.2 Å². The zero-order valence-corrected chi connectivity index (χ0v) is 26.0. The molecule has 11 heteroatoms. The average molecular weight is 640 g/mol. The molecule has 0 amide bonds. The van der Waals surface area contributed by atoms with E-state index < -0.39 is 40.9 Å². The molecule has 1 aromatic rings. The molecule has 0 bridgehead atoms. The van der Waals surface area contributed by atoms with Crippen molar-refractivity contribution in [3.63, 3.8) is 0 Å². The van der Waals surface area contributed by atoms with Gasteiger partial charge in [-0.25, -0.2) is 4.39 Å². The van der Waals surface area contributed by atoms with E-state index in [0.29, 0.717) is 38.1 Å². The Hall–Kier alpha value is -1.17. The third kappa shape index (κ3) is 7.98. The summed E-state index contributed by atoms with van der Waals surface area (Å²) in [7, 11) is 1.61. The number of aliphatic hydroxyl groups is 1. The summed E-state index contributed by atoms with van der Waals surface area (Å²) < 4.78 is 78.1. The van der Waals surface area contributed by atoms with Crippen LogP contribution in [0.5, 0.6) is 5.75 Å². The molecule has 2 fully saturated rings. The second-order valence-corrected chi connectivity index (χ2v) is 15.0. The summed E-state index contributed by atoms with van der Waals surface area (Å²) in [6, 6.07) is 5.31. The number of hydroxylamine groups is 3. The van der Waals surface area contributed by atoms with Crippen LogP contribution >= 0.6 is 11.8 Å². The Labute approximate surface area is 255 Å². The van der Waals surface area contributed by atoms with Crippen molar-refractivity contribution in [3.8, 4) is 5.75 Å². The highest BCUT2D eigenvalue weighted by Crippen LogP contribution is 2.63. The topological polar surface area (TPSA) is 63.5 Å². The molecular formula is C32H47F6NO3S. The molecule has 8 atom stereocenters. The zero-order valence-electron chi connectivity index (χ0n) is 25.2. The van der Waals surface area contributed by atoms with Crippen LogP contribution in [-0.2, 0) is 6.42 Å². The zero-order chi connectivity index (χ0) is 31.6. The maximum atomic E-state index is 15.9. The largest absolute Gasteiger partial charge is 0.633 e. The van der Waals surface area contributed by atoms with Gasteiger partial charge in [0, 0.05) is 18.8 Å². The molecule has 246 valence electrons.